The minimum Gasteiger partial charge on any atom is -0.444 e. The number of hydrogen-bond acceptors (Lipinski definition) is 3. The molecule has 1 fully saturated rings. The lowest BCUT2D eigenvalue weighted by Crippen LogP contribution is -2.45. The number of carbonyl (C=O) groups is 2. The van der Waals surface area contributed by atoms with Crippen molar-refractivity contribution in [1.29, 1.82) is 0 Å². The molecule has 20 heavy (non-hydrogen) atoms. The predicted octanol–water partition coefficient (Wildman–Crippen LogP) is 3.33. The van der Waals surface area contributed by atoms with Crippen molar-refractivity contribution in [3.8, 4) is 0 Å². The first kappa shape index (κ1) is 14.6. The smallest absolute Gasteiger partial charge is 0.411 e. The maximum absolute atomic E-state index is 12.3. The number of benzene rings is 1. The molecule has 1 aliphatic heterocycles. The van der Waals surface area contributed by atoms with Crippen molar-refractivity contribution in [3.63, 3.8) is 0 Å². The number of nitrogens with zero attached hydrogens (tertiary/aromatic N) is 1. The molecule has 4 heteroatoms. The zero-order chi connectivity index (χ0) is 14.8. The molecule has 0 spiro atoms. The van der Waals surface area contributed by atoms with Gasteiger partial charge in [0, 0.05) is 13.0 Å². The van der Waals surface area contributed by atoms with E-state index in [9.17, 15) is 9.59 Å². The van der Waals surface area contributed by atoms with E-state index in [1.165, 1.54) is 0 Å². The molecule has 1 heterocycles. The van der Waals surface area contributed by atoms with Gasteiger partial charge in [-0.1, -0.05) is 30.3 Å². The lowest BCUT2D eigenvalue weighted by molar-refractivity contribution is -0.127. The van der Waals surface area contributed by atoms with Crippen molar-refractivity contribution in [2.75, 3.05) is 6.54 Å². The number of ether oxygens (including phenoxy) is 1. The fourth-order valence-corrected chi connectivity index (χ4v) is 2.38. The summed E-state index contributed by atoms with van der Waals surface area (Å²) in [5.74, 6) is 0.0771. The second kappa shape index (κ2) is 5.65. The second-order valence-electron chi connectivity index (χ2n) is 6.06. The van der Waals surface area contributed by atoms with E-state index in [1.54, 1.807) is 4.90 Å². The van der Waals surface area contributed by atoms with E-state index in [4.69, 9.17) is 4.74 Å². The van der Waals surface area contributed by atoms with Gasteiger partial charge in [-0.05, 0) is 32.8 Å². The van der Waals surface area contributed by atoms with Crippen molar-refractivity contribution in [1.82, 2.24) is 4.90 Å². The Bertz CT molecular complexity index is 490. The van der Waals surface area contributed by atoms with E-state index in [-0.39, 0.29) is 5.78 Å². The molecule has 1 atom stereocenters. The molecule has 1 aromatic carbocycles. The van der Waals surface area contributed by atoms with Crippen LogP contribution in [0, 0.1) is 0 Å². The highest BCUT2D eigenvalue weighted by Gasteiger charge is 2.36. The zero-order valence-corrected chi connectivity index (χ0v) is 12.3. The fourth-order valence-electron chi connectivity index (χ4n) is 2.38. The summed E-state index contributed by atoms with van der Waals surface area (Å²) >= 11 is 0. The van der Waals surface area contributed by atoms with Crippen LogP contribution in [0.3, 0.4) is 0 Å². The average molecular weight is 275 g/mol. The summed E-state index contributed by atoms with van der Waals surface area (Å²) in [6.45, 7) is 6.04. The third-order valence-electron chi connectivity index (χ3n) is 3.18. The Kier molecular flexibility index (Phi) is 4.12. The molecule has 108 valence electrons. The van der Waals surface area contributed by atoms with Gasteiger partial charge < -0.3 is 4.74 Å². The van der Waals surface area contributed by atoms with Crippen LogP contribution in [0.4, 0.5) is 4.79 Å². The molecule has 0 bridgehead atoms. The Morgan fingerprint density at radius 2 is 1.90 bits per heavy atom. The van der Waals surface area contributed by atoms with Gasteiger partial charge in [0.1, 0.15) is 11.6 Å². The van der Waals surface area contributed by atoms with Crippen molar-refractivity contribution in [2.45, 2.75) is 45.3 Å². The molecule has 2 rings (SSSR count). The first-order chi connectivity index (χ1) is 9.38. The lowest BCUT2D eigenvalue weighted by Gasteiger charge is -2.36. The van der Waals surface area contributed by atoms with E-state index < -0.39 is 17.7 Å². The minimum absolute atomic E-state index is 0.0771. The van der Waals surface area contributed by atoms with Crippen LogP contribution in [0.25, 0.3) is 0 Å². The summed E-state index contributed by atoms with van der Waals surface area (Å²) in [7, 11) is 0. The summed E-state index contributed by atoms with van der Waals surface area (Å²) < 4.78 is 5.41. The van der Waals surface area contributed by atoms with Crippen LogP contribution in [0.2, 0.25) is 0 Å². The molecule has 1 aliphatic rings. The van der Waals surface area contributed by atoms with E-state index in [1.807, 2.05) is 51.1 Å². The van der Waals surface area contributed by atoms with Gasteiger partial charge in [-0.25, -0.2) is 4.79 Å². The monoisotopic (exact) mass is 275 g/mol. The van der Waals surface area contributed by atoms with E-state index >= 15 is 0 Å². The predicted molar refractivity (Wildman–Crippen MR) is 76.4 cm³/mol. The van der Waals surface area contributed by atoms with Crippen molar-refractivity contribution in [3.05, 3.63) is 35.9 Å². The van der Waals surface area contributed by atoms with Crippen molar-refractivity contribution < 1.29 is 14.3 Å². The lowest BCUT2D eigenvalue weighted by atomic mass is 9.94. The molecule has 0 N–H and O–H groups in total. The van der Waals surface area contributed by atoms with Gasteiger partial charge in [0.05, 0.1) is 0 Å². The third-order valence-corrected chi connectivity index (χ3v) is 3.18. The SMILES string of the molecule is CC(C)(C)OC(=O)N1CCCC(=O)[C@@H]1c1ccccc1. The third kappa shape index (κ3) is 3.38. The topological polar surface area (TPSA) is 46.6 Å². The Morgan fingerprint density at radius 1 is 1.25 bits per heavy atom. The van der Waals surface area contributed by atoms with Crippen molar-refractivity contribution >= 4 is 11.9 Å². The van der Waals surface area contributed by atoms with Gasteiger partial charge in [-0.2, -0.15) is 0 Å². The number of ketones is 1. The van der Waals surface area contributed by atoms with E-state index in [2.05, 4.69) is 0 Å². The van der Waals surface area contributed by atoms with Crippen molar-refractivity contribution in [2.24, 2.45) is 0 Å². The highest BCUT2D eigenvalue weighted by atomic mass is 16.6. The summed E-state index contributed by atoms with van der Waals surface area (Å²) in [6, 6.07) is 8.90. The molecular formula is C16H21NO3. The number of amides is 1. The summed E-state index contributed by atoms with van der Waals surface area (Å²) in [5.41, 5.74) is 0.293. The molecule has 0 radical (unpaired) electrons. The van der Waals surface area contributed by atoms with Gasteiger partial charge in [0.2, 0.25) is 0 Å². The maximum atomic E-state index is 12.3. The number of likely N-dealkylation sites (tertiary alicyclic amines) is 1. The number of piperidine rings is 1. The van der Waals surface area contributed by atoms with Crippen LogP contribution in [-0.2, 0) is 9.53 Å². The Balaban J connectivity index is 2.25. The molecule has 0 aliphatic carbocycles. The standard InChI is InChI=1S/C16H21NO3/c1-16(2,3)20-15(19)17-11-7-10-13(18)14(17)12-8-5-4-6-9-12/h4-6,8-9,14H,7,10-11H2,1-3H3/t14-/m0/s1. The van der Waals surface area contributed by atoms with Gasteiger partial charge in [0.15, 0.2) is 5.78 Å². The largest absolute Gasteiger partial charge is 0.444 e. The zero-order valence-electron chi connectivity index (χ0n) is 12.3. The number of carbonyl (C=O) groups excluding carboxylic acids is 2. The summed E-state index contributed by atoms with van der Waals surface area (Å²) in [6.07, 6.45) is 0.791. The molecule has 0 saturated carbocycles. The first-order valence-corrected chi connectivity index (χ1v) is 6.96. The molecular weight excluding hydrogens is 254 g/mol. The van der Waals surface area contributed by atoms with Crippen LogP contribution < -0.4 is 0 Å². The highest BCUT2D eigenvalue weighted by Crippen LogP contribution is 2.29. The van der Waals surface area contributed by atoms with Gasteiger partial charge in [0.25, 0.3) is 0 Å². The molecule has 0 aromatic heterocycles. The Labute approximate surface area is 119 Å². The van der Waals surface area contributed by atoms with Crippen LogP contribution >= 0.6 is 0 Å². The highest BCUT2D eigenvalue weighted by molar-refractivity contribution is 5.89. The molecule has 1 aromatic rings. The van der Waals surface area contributed by atoms with Gasteiger partial charge in [-0.15, -0.1) is 0 Å². The summed E-state index contributed by atoms with van der Waals surface area (Å²) in [4.78, 5) is 26.1. The second-order valence-corrected chi connectivity index (χ2v) is 6.06. The molecule has 1 saturated heterocycles. The van der Waals surface area contributed by atoms with Gasteiger partial charge in [-0.3, -0.25) is 9.69 Å². The Morgan fingerprint density at radius 3 is 2.50 bits per heavy atom. The molecule has 0 unspecified atom stereocenters. The van der Waals surface area contributed by atoms with Crippen LogP contribution in [0.15, 0.2) is 30.3 Å². The van der Waals surface area contributed by atoms with Crippen LogP contribution in [-0.4, -0.2) is 28.9 Å². The Hall–Kier alpha value is -1.84. The normalized spacial score (nSPS) is 19.9. The number of Topliss-reactive ketones (excluding diaryl/α,β-unsaturated/α-hetero) is 1. The van der Waals surface area contributed by atoms with Crippen LogP contribution in [0.1, 0.15) is 45.2 Å². The molecule has 4 nitrogen and oxygen atoms in total. The minimum atomic E-state index is -0.557. The van der Waals surface area contributed by atoms with E-state index in [0.29, 0.717) is 19.4 Å². The number of rotatable bonds is 1. The maximum Gasteiger partial charge on any atom is 0.411 e. The molecule has 1 amide bonds. The number of hydrogen-bond donors (Lipinski definition) is 0. The van der Waals surface area contributed by atoms with Crippen LogP contribution in [0.5, 0.6) is 0 Å². The summed E-state index contributed by atoms with van der Waals surface area (Å²) in [5, 5.41) is 0. The van der Waals surface area contributed by atoms with E-state index in [0.717, 1.165) is 5.56 Å². The average Bonchev–Trinajstić information content (AvgIpc) is 2.37. The van der Waals surface area contributed by atoms with Gasteiger partial charge >= 0.3 is 6.09 Å². The quantitative estimate of drug-likeness (QED) is 0.789. The fraction of sp³-hybridized carbons (Fsp3) is 0.500. The first-order valence-electron chi connectivity index (χ1n) is 6.96.